The minimum absolute atomic E-state index is 0.229. The maximum Gasteiger partial charge on any atom is 0.180 e. The summed E-state index contributed by atoms with van der Waals surface area (Å²) >= 11 is 0. The van der Waals surface area contributed by atoms with Crippen molar-refractivity contribution in [2.75, 3.05) is 12.3 Å². The van der Waals surface area contributed by atoms with Crippen LogP contribution >= 0.6 is 0 Å². The van der Waals surface area contributed by atoms with Crippen molar-refractivity contribution in [3.63, 3.8) is 0 Å². The Morgan fingerprint density at radius 1 is 1.25 bits per heavy atom. The van der Waals surface area contributed by atoms with Gasteiger partial charge in [-0.05, 0) is 42.5 Å². The summed E-state index contributed by atoms with van der Waals surface area (Å²) in [6, 6.07) is 5.59. The molecule has 0 saturated carbocycles. The first-order chi connectivity index (χ1) is 9.38. The Morgan fingerprint density at radius 3 is 2.65 bits per heavy atom. The lowest BCUT2D eigenvalue weighted by molar-refractivity contribution is 0.190. The normalized spacial score (nSPS) is 16.4. The molecule has 1 unspecified atom stereocenters. The molecule has 2 N–H and O–H groups in total. The van der Waals surface area contributed by atoms with E-state index in [-0.39, 0.29) is 11.8 Å². The third kappa shape index (κ3) is 3.81. The second-order valence-corrected chi connectivity index (χ2v) is 7.82. The first-order valence-electron chi connectivity index (χ1n) is 7.14. The lowest BCUT2D eigenvalue weighted by atomic mass is 10.1. The highest BCUT2D eigenvalue weighted by molar-refractivity contribution is 7.91. The van der Waals surface area contributed by atoms with Crippen LogP contribution in [0.25, 0.3) is 0 Å². The van der Waals surface area contributed by atoms with E-state index in [1.54, 1.807) is 12.1 Å². The third-order valence-corrected chi connectivity index (χ3v) is 5.40. The monoisotopic (exact) mass is 297 g/mol. The van der Waals surface area contributed by atoms with Crippen LogP contribution in [-0.2, 0) is 22.7 Å². The molecule has 0 aromatic heterocycles. The van der Waals surface area contributed by atoms with Crippen LogP contribution < -0.4 is 5.32 Å². The zero-order valence-corrected chi connectivity index (χ0v) is 12.9. The van der Waals surface area contributed by atoms with Gasteiger partial charge in [-0.25, -0.2) is 8.42 Å². The second kappa shape index (κ2) is 6.24. The van der Waals surface area contributed by atoms with Gasteiger partial charge in [0.2, 0.25) is 0 Å². The Bertz CT molecular complexity index is 566. The molecule has 0 fully saturated rings. The lowest BCUT2D eigenvalue weighted by Gasteiger charge is -2.14. The topological polar surface area (TPSA) is 66.4 Å². The summed E-state index contributed by atoms with van der Waals surface area (Å²) in [7, 11) is -3.42. The van der Waals surface area contributed by atoms with Crippen molar-refractivity contribution >= 4 is 9.84 Å². The van der Waals surface area contributed by atoms with Gasteiger partial charge < -0.3 is 10.4 Å². The van der Waals surface area contributed by atoms with Crippen molar-refractivity contribution in [2.24, 2.45) is 0 Å². The molecule has 4 nitrogen and oxygen atoms in total. The molecule has 0 aliphatic heterocycles. The molecule has 20 heavy (non-hydrogen) atoms. The van der Waals surface area contributed by atoms with Crippen molar-refractivity contribution in [3.8, 4) is 0 Å². The Labute approximate surface area is 121 Å². The van der Waals surface area contributed by atoms with E-state index in [0.29, 0.717) is 11.4 Å². The molecular weight excluding hydrogens is 274 g/mol. The summed E-state index contributed by atoms with van der Waals surface area (Å²) < 4.78 is 24.6. The van der Waals surface area contributed by atoms with E-state index in [4.69, 9.17) is 0 Å². The molecule has 0 bridgehead atoms. The van der Waals surface area contributed by atoms with Gasteiger partial charge in [-0.15, -0.1) is 0 Å². The predicted octanol–water partition coefficient (Wildman–Crippen LogP) is 1.31. The molecule has 0 saturated heterocycles. The van der Waals surface area contributed by atoms with Crippen molar-refractivity contribution in [3.05, 3.63) is 29.3 Å². The van der Waals surface area contributed by atoms with Crippen LogP contribution in [0, 0.1) is 0 Å². The smallest absolute Gasteiger partial charge is 0.180 e. The van der Waals surface area contributed by atoms with Crippen molar-refractivity contribution in [1.29, 1.82) is 0 Å². The van der Waals surface area contributed by atoms with E-state index in [9.17, 15) is 13.5 Å². The van der Waals surface area contributed by atoms with E-state index < -0.39 is 15.9 Å². The maximum absolute atomic E-state index is 12.3. The summed E-state index contributed by atoms with van der Waals surface area (Å²) in [6.07, 6.45) is 2.21. The van der Waals surface area contributed by atoms with Gasteiger partial charge in [0.1, 0.15) is 0 Å². The highest BCUT2D eigenvalue weighted by Crippen LogP contribution is 2.25. The van der Waals surface area contributed by atoms with Gasteiger partial charge in [-0.2, -0.15) is 0 Å². The molecule has 0 heterocycles. The van der Waals surface area contributed by atoms with Gasteiger partial charge in [0, 0.05) is 12.6 Å². The second-order valence-electron chi connectivity index (χ2n) is 5.78. The summed E-state index contributed by atoms with van der Waals surface area (Å²) in [4.78, 5) is 0.335. The molecule has 1 aromatic rings. The predicted molar refractivity (Wildman–Crippen MR) is 79.7 cm³/mol. The molecule has 1 aliphatic carbocycles. The van der Waals surface area contributed by atoms with Crippen molar-refractivity contribution in [1.82, 2.24) is 5.32 Å². The third-order valence-electron chi connectivity index (χ3n) is 3.60. The molecular formula is C15H23NO3S. The van der Waals surface area contributed by atoms with E-state index in [1.807, 2.05) is 19.9 Å². The molecule has 0 spiro atoms. The first-order valence-corrected chi connectivity index (χ1v) is 8.80. The van der Waals surface area contributed by atoms with Gasteiger partial charge in [-0.3, -0.25) is 0 Å². The number of nitrogens with one attached hydrogen (secondary N) is 1. The Balaban J connectivity index is 2.06. The fraction of sp³-hybridized carbons (Fsp3) is 0.600. The number of hydrogen-bond donors (Lipinski definition) is 2. The number of fused-ring (bicyclic) bond motifs is 1. The zero-order valence-electron chi connectivity index (χ0n) is 12.1. The van der Waals surface area contributed by atoms with Crippen LogP contribution in [0.5, 0.6) is 0 Å². The Kier molecular flexibility index (Phi) is 4.83. The quantitative estimate of drug-likeness (QED) is 0.831. The highest BCUT2D eigenvalue weighted by atomic mass is 32.2. The van der Waals surface area contributed by atoms with Crippen LogP contribution in [0.2, 0.25) is 0 Å². The van der Waals surface area contributed by atoms with E-state index >= 15 is 0 Å². The summed E-state index contributed by atoms with van der Waals surface area (Å²) in [6.45, 7) is 4.21. The zero-order chi connectivity index (χ0) is 14.8. The lowest BCUT2D eigenvalue weighted by Crippen LogP contribution is -2.35. The van der Waals surface area contributed by atoms with Crippen molar-refractivity contribution < 1.29 is 13.5 Å². The Morgan fingerprint density at radius 2 is 1.95 bits per heavy atom. The van der Waals surface area contributed by atoms with Gasteiger partial charge >= 0.3 is 0 Å². The van der Waals surface area contributed by atoms with Gasteiger partial charge in [0.05, 0.1) is 16.8 Å². The van der Waals surface area contributed by atoms with Gasteiger partial charge in [0.15, 0.2) is 9.84 Å². The fourth-order valence-electron chi connectivity index (χ4n) is 2.52. The maximum atomic E-state index is 12.3. The molecule has 0 amide bonds. The highest BCUT2D eigenvalue weighted by Gasteiger charge is 2.22. The fourth-order valence-corrected chi connectivity index (χ4v) is 3.94. The number of rotatable bonds is 6. The van der Waals surface area contributed by atoms with Gasteiger partial charge in [-0.1, -0.05) is 19.9 Å². The van der Waals surface area contributed by atoms with Crippen LogP contribution in [0.4, 0.5) is 0 Å². The largest absolute Gasteiger partial charge is 0.391 e. The number of sulfone groups is 1. The van der Waals surface area contributed by atoms with Crippen LogP contribution in [0.15, 0.2) is 23.1 Å². The minimum atomic E-state index is -3.42. The van der Waals surface area contributed by atoms with E-state index in [2.05, 4.69) is 5.32 Å². The first kappa shape index (κ1) is 15.5. The molecule has 1 aliphatic rings. The average Bonchev–Trinajstić information content (AvgIpc) is 2.83. The number of aryl methyl sites for hydroxylation is 2. The van der Waals surface area contributed by atoms with Gasteiger partial charge in [0.25, 0.3) is 0 Å². The molecule has 1 aromatic carbocycles. The minimum Gasteiger partial charge on any atom is -0.391 e. The number of aliphatic hydroxyl groups excluding tert-OH is 1. The standard InChI is InChI=1S/C15H23NO3S/c1-11(2)16-9-14(17)10-20(18,19)15-7-6-12-4-3-5-13(12)8-15/h6-8,11,14,16-17H,3-5,9-10H2,1-2H3. The number of hydrogen-bond acceptors (Lipinski definition) is 4. The molecule has 2 rings (SSSR count). The SMILES string of the molecule is CC(C)NCC(O)CS(=O)(=O)c1ccc2c(c1)CCC2. The summed E-state index contributed by atoms with van der Waals surface area (Å²) in [5.41, 5.74) is 2.40. The van der Waals surface area contributed by atoms with Crippen LogP contribution in [-0.4, -0.2) is 38.0 Å². The number of aliphatic hydroxyl groups is 1. The van der Waals surface area contributed by atoms with E-state index in [1.165, 1.54) is 5.56 Å². The van der Waals surface area contributed by atoms with Crippen LogP contribution in [0.1, 0.15) is 31.4 Å². The molecule has 1 atom stereocenters. The molecule has 112 valence electrons. The van der Waals surface area contributed by atoms with Crippen LogP contribution in [0.3, 0.4) is 0 Å². The number of benzene rings is 1. The summed E-state index contributed by atoms with van der Waals surface area (Å²) in [5, 5.41) is 12.9. The van der Waals surface area contributed by atoms with E-state index in [0.717, 1.165) is 24.8 Å². The summed E-state index contributed by atoms with van der Waals surface area (Å²) in [5.74, 6) is -0.231. The Hall–Kier alpha value is -0.910. The van der Waals surface area contributed by atoms with Crippen molar-refractivity contribution in [2.45, 2.75) is 50.2 Å². The average molecular weight is 297 g/mol. The molecule has 5 heteroatoms. The molecule has 0 radical (unpaired) electrons.